The normalized spacial score (nSPS) is 13.2. The van der Waals surface area contributed by atoms with Crippen molar-refractivity contribution in [1.82, 2.24) is 5.32 Å². The molecule has 0 rings (SSSR count). The molecule has 0 aromatic heterocycles. The van der Waals surface area contributed by atoms with Gasteiger partial charge in [0.2, 0.25) is 0 Å². The molecule has 1 unspecified atom stereocenters. The Kier molecular flexibility index (Phi) is 9.80. The van der Waals surface area contributed by atoms with Crippen LogP contribution in [0.25, 0.3) is 0 Å². The van der Waals surface area contributed by atoms with Gasteiger partial charge < -0.3 is 20.3 Å². The Morgan fingerprint density at radius 3 is 2.69 bits per heavy atom. The Morgan fingerprint density at radius 2 is 2.08 bits per heavy atom. The van der Waals surface area contributed by atoms with E-state index in [4.69, 9.17) is 14.9 Å². The first-order valence-electron chi connectivity index (χ1n) is 4.84. The van der Waals surface area contributed by atoms with Crippen molar-refractivity contribution in [1.29, 1.82) is 0 Å². The minimum absolute atomic E-state index is 0.0927. The molecule has 0 saturated carbocycles. The highest BCUT2D eigenvalue weighted by atomic mass is 16.5. The van der Waals surface area contributed by atoms with Crippen LogP contribution < -0.4 is 5.32 Å². The van der Waals surface area contributed by atoms with E-state index < -0.39 is 0 Å². The minimum atomic E-state index is -0.224. The summed E-state index contributed by atoms with van der Waals surface area (Å²) in [6, 6.07) is 0. The van der Waals surface area contributed by atoms with Crippen molar-refractivity contribution < 1.29 is 14.9 Å². The monoisotopic (exact) mass is 191 g/mol. The molecule has 0 aliphatic rings. The maximum absolute atomic E-state index is 8.93. The third kappa shape index (κ3) is 11.8. The fourth-order valence-corrected chi connectivity index (χ4v) is 0.902. The Labute approximate surface area is 79.9 Å². The first kappa shape index (κ1) is 12.8. The van der Waals surface area contributed by atoms with E-state index in [1.54, 1.807) is 6.92 Å². The van der Waals surface area contributed by atoms with Gasteiger partial charge in [-0.05, 0) is 32.9 Å². The van der Waals surface area contributed by atoms with Gasteiger partial charge in [0.1, 0.15) is 0 Å². The maximum atomic E-state index is 8.93. The lowest BCUT2D eigenvalue weighted by Crippen LogP contribution is -2.21. The molecule has 4 heteroatoms. The summed E-state index contributed by atoms with van der Waals surface area (Å²) in [5.41, 5.74) is 0. The Morgan fingerprint density at radius 1 is 1.31 bits per heavy atom. The van der Waals surface area contributed by atoms with E-state index in [-0.39, 0.29) is 12.7 Å². The number of hydrogen-bond acceptors (Lipinski definition) is 4. The molecule has 1 atom stereocenters. The second kappa shape index (κ2) is 9.92. The highest BCUT2D eigenvalue weighted by Gasteiger charge is 1.94. The number of ether oxygens (including phenoxy) is 1. The van der Waals surface area contributed by atoms with Crippen molar-refractivity contribution in [3.63, 3.8) is 0 Å². The zero-order valence-electron chi connectivity index (χ0n) is 8.33. The molecule has 0 heterocycles. The predicted molar refractivity (Wildman–Crippen MR) is 51.7 cm³/mol. The standard InChI is InChI=1S/C9H21NO3/c1-9(12)3-5-10-4-2-7-13-8-6-11/h9-12H,2-8H2,1H3. The minimum Gasteiger partial charge on any atom is -0.394 e. The van der Waals surface area contributed by atoms with Crippen LogP contribution in [0, 0.1) is 0 Å². The van der Waals surface area contributed by atoms with E-state index in [1.165, 1.54) is 0 Å². The van der Waals surface area contributed by atoms with Crippen LogP contribution in [0.5, 0.6) is 0 Å². The van der Waals surface area contributed by atoms with Crippen LogP contribution in [0.1, 0.15) is 19.8 Å². The van der Waals surface area contributed by atoms with Crippen LogP contribution in [0.4, 0.5) is 0 Å². The van der Waals surface area contributed by atoms with Crippen LogP contribution in [-0.2, 0) is 4.74 Å². The molecule has 0 fully saturated rings. The quantitative estimate of drug-likeness (QED) is 0.440. The molecular formula is C9H21NO3. The Hall–Kier alpha value is -0.160. The second-order valence-corrected chi connectivity index (χ2v) is 3.08. The zero-order valence-corrected chi connectivity index (χ0v) is 8.33. The van der Waals surface area contributed by atoms with E-state index in [1.807, 2.05) is 0 Å². The number of aliphatic hydroxyl groups is 2. The SMILES string of the molecule is CC(O)CCNCCCOCCO. The van der Waals surface area contributed by atoms with Gasteiger partial charge in [-0.25, -0.2) is 0 Å². The highest BCUT2D eigenvalue weighted by Crippen LogP contribution is 1.86. The lowest BCUT2D eigenvalue weighted by atomic mass is 10.3. The molecule has 0 aliphatic carbocycles. The topological polar surface area (TPSA) is 61.7 Å². The number of nitrogens with one attached hydrogen (secondary N) is 1. The van der Waals surface area contributed by atoms with Gasteiger partial charge in [0.25, 0.3) is 0 Å². The van der Waals surface area contributed by atoms with Crippen molar-refractivity contribution >= 4 is 0 Å². The summed E-state index contributed by atoms with van der Waals surface area (Å²) in [6.07, 6.45) is 1.51. The molecule has 0 aromatic carbocycles. The second-order valence-electron chi connectivity index (χ2n) is 3.08. The molecular weight excluding hydrogens is 170 g/mol. The van der Waals surface area contributed by atoms with Gasteiger partial charge >= 0.3 is 0 Å². The number of hydrogen-bond donors (Lipinski definition) is 3. The lowest BCUT2D eigenvalue weighted by molar-refractivity contribution is 0.0906. The van der Waals surface area contributed by atoms with Crippen LogP contribution >= 0.6 is 0 Å². The molecule has 0 spiro atoms. The van der Waals surface area contributed by atoms with E-state index in [0.717, 1.165) is 25.9 Å². The molecule has 80 valence electrons. The van der Waals surface area contributed by atoms with Gasteiger partial charge in [-0.1, -0.05) is 0 Å². The summed E-state index contributed by atoms with van der Waals surface area (Å²) in [5.74, 6) is 0. The van der Waals surface area contributed by atoms with Crippen molar-refractivity contribution in [3.05, 3.63) is 0 Å². The maximum Gasteiger partial charge on any atom is 0.0697 e. The fraction of sp³-hybridized carbons (Fsp3) is 1.00. The third-order valence-corrected chi connectivity index (χ3v) is 1.62. The molecule has 3 N–H and O–H groups in total. The first-order chi connectivity index (χ1) is 6.27. The summed E-state index contributed by atoms with van der Waals surface area (Å²) >= 11 is 0. The summed E-state index contributed by atoms with van der Waals surface area (Å²) in [5, 5.41) is 20.5. The van der Waals surface area contributed by atoms with E-state index >= 15 is 0 Å². The van der Waals surface area contributed by atoms with Gasteiger partial charge in [0, 0.05) is 6.61 Å². The van der Waals surface area contributed by atoms with Crippen molar-refractivity contribution in [2.45, 2.75) is 25.9 Å². The van der Waals surface area contributed by atoms with E-state index in [9.17, 15) is 0 Å². The summed E-state index contributed by atoms with van der Waals surface area (Å²) in [6.45, 7) is 4.73. The lowest BCUT2D eigenvalue weighted by Gasteiger charge is -2.06. The Balaban J connectivity index is 2.84. The first-order valence-corrected chi connectivity index (χ1v) is 4.84. The van der Waals surface area contributed by atoms with Crippen LogP contribution in [0.15, 0.2) is 0 Å². The summed E-state index contributed by atoms with van der Waals surface area (Å²) in [4.78, 5) is 0. The molecule has 0 bridgehead atoms. The van der Waals surface area contributed by atoms with Gasteiger partial charge in [0.15, 0.2) is 0 Å². The molecule has 4 nitrogen and oxygen atoms in total. The number of aliphatic hydroxyl groups excluding tert-OH is 2. The van der Waals surface area contributed by atoms with E-state index in [0.29, 0.717) is 13.2 Å². The van der Waals surface area contributed by atoms with Crippen LogP contribution in [0.2, 0.25) is 0 Å². The fourth-order valence-electron chi connectivity index (χ4n) is 0.902. The van der Waals surface area contributed by atoms with Crippen LogP contribution in [0.3, 0.4) is 0 Å². The molecule has 0 saturated heterocycles. The molecule has 0 radical (unpaired) electrons. The molecule has 13 heavy (non-hydrogen) atoms. The third-order valence-electron chi connectivity index (χ3n) is 1.62. The predicted octanol–water partition coefficient (Wildman–Crippen LogP) is -0.254. The largest absolute Gasteiger partial charge is 0.394 e. The van der Waals surface area contributed by atoms with Gasteiger partial charge in [-0.15, -0.1) is 0 Å². The van der Waals surface area contributed by atoms with Crippen molar-refractivity contribution in [2.75, 3.05) is 32.9 Å². The Bertz CT molecular complexity index is 98.9. The zero-order chi connectivity index (χ0) is 9.94. The van der Waals surface area contributed by atoms with Crippen LogP contribution in [-0.4, -0.2) is 49.2 Å². The molecule has 0 amide bonds. The van der Waals surface area contributed by atoms with Crippen molar-refractivity contribution in [2.24, 2.45) is 0 Å². The summed E-state index contributed by atoms with van der Waals surface area (Å²) in [7, 11) is 0. The van der Waals surface area contributed by atoms with Gasteiger partial charge in [-0.2, -0.15) is 0 Å². The average Bonchev–Trinajstić information content (AvgIpc) is 2.09. The van der Waals surface area contributed by atoms with Gasteiger partial charge in [-0.3, -0.25) is 0 Å². The van der Waals surface area contributed by atoms with Gasteiger partial charge in [0.05, 0.1) is 19.3 Å². The average molecular weight is 191 g/mol. The molecule has 0 aliphatic heterocycles. The highest BCUT2D eigenvalue weighted by molar-refractivity contribution is 4.51. The van der Waals surface area contributed by atoms with Crippen molar-refractivity contribution in [3.8, 4) is 0 Å². The smallest absolute Gasteiger partial charge is 0.0697 e. The van der Waals surface area contributed by atoms with E-state index in [2.05, 4.69) is 5.32 Å². The number of rotatable bonds is 9. The molecule has 0 aromatic rings. The summed E-state index contributed by atoms with van der Waals surface area (Å²) < 4.78 is 5.07.